The summed E-state index contributed by atoms with van der Waals surface area (Å²) < 4.78 is 13.8. The number of aromatic nitrogens is 1. The first-order chi connectivity index (χ1) is 12.2. The van der Waals surface area contributed by atoms with E-state index in [0.29, 0.717) is 16.9 Å². The summed E-state index contributed by atoms with van der Waals surface area (Å²) in [6.45, 7) is 2.30. The lowest BCUT2D eigenvalue weighted by molar-refractivity contribution is -0.00177. The highest BCUT2D eigenvalue weighted by molar-refractivity contribution is 6.29. The maximum absolute atomic E-state index is 13.8. The van der Waals surface area contributed by atoms with E-state index in [1.54, 1.807) is 24.3 Å². The molecule has 0 saturated heterocycles. The van der Waals surface area contributed by atoms with Crippen LogP contribution in [0.3, 0.4) is 0 Å². The Morgan fingerprint density at radius 2 is 2.08 bits per heavy atom. The molecular formula is C18H18ClFN4O2. The predicted molar refractivity (Wildman–Crippen MR) is 97.2 cm³/mol. The number of anilines is 2. The van der Waals surface area contributed by atoms with Gasteiger partial charge >= 0.3 is 0 Å². The van der Waals surface area contributed by atoms with Crippen LogP contribution in [-0.2, 0) is 0 Å². The third kappa shape index (κ3) is 5.15. The zero-order valence-electron chi connectivity index (χ0n) is 14.3. The lowest BCUT2D eigenvalue weighted by Crippen LogP contribution is -2.42. The summed E-state index contributed by atoms with van der Waals surface area (Å²) in [5.74, 6) is -0.558. The van der Waals surface area contributed by atoms with Crippen molar-refractivity contribution in [1.29, 1.82) is 5.26 Å². The van der Waals surface area contributed by atoms with Crippen LogP contribution in [-0.4, -0.2) is 34.3 Å². The van der Waals surface area contributed by atoms with Gasteiger partial charge in [-0.05, 0) is 44.2 Å². The minimum atomic E-state index is -1.62. The van der Waals surface area contributed by atoms with Crippen LogP contribution in [0.2, 0.25) is 5.15 Å². The number of amides is 1. The lowest BCUT2D eigenvalue weighted by atomic mass is 10.0. The molecule has 0 aliphatic heterocycles. The normalized spacial score (nSPS) is 12.2. The molecule has 1 aromatic carbocycles. The second kappa shape index (κ2) is 8.13. The zero-order chi connectivity index (χ0) is 19.3. The highest BCUT2D eigenvalue weighted by Gasteiger charge is 2.27. The fourth-order valence-electron chi connectivity index (χ4n) is 2.03. The molecule has 0 fully saturated rings. The molecule has 1 atom stereocenters. The molecule has 136 valence electrons. The standard InChI is InChI=1S/C18H18ClFN4O2/c1-18(2,26)15(20)10-23-17(25)13-9-22-16(19)7-14(13)24-12-5-3-11(8-21)4-6-12/h3-7,9,15,26H,10H2,1-2H3,(H,22,24)(H,23,25)/t15-/m1/s1. The number of pyridine rings is 1. The maximum atomic E-state index is 13.8. The Morgan fingerprint density at radius 3 is 2.65 bits per heavy atom. The van der Waals surface area contributed by atoms with Crippen molar-refractivity contribution in [3.05, 3.63) is 52.8 Å². The van der Waals surface area contributed by atoms with E-state index in [-0.39, 0.29) is 17.3 Å². The fraction of sp³-hybridized carbons (Fsp3) is 0.278. The monoisotopic (exact) mass is 376 g/mol. The van der Waals surface area contributed by atoms with Gasteiger partial charge in [0.1, 0.15) is 11.3 Å². The SMILES string of the molecule is CC(C)(O)[C@H](F)CNC(=O)c1cnc(Cl)cc1Nc1ccc(C#N)cc1. The van der Waals surface area contributed by atoms with Crippen LogP contribution in [0.1, 0.15) is 29.8 Å². The lowest BCUT2D eigenvalue weighted by Gasteiger charge is -2.22. The van der Waals surface area contributed by atoms with Crippen LogP contribution in [0.25, 0.3) is 0 Å². The third-order valence-electron chi connectivity index (χ3n) is 3.62. The van der Waals surface area contributed by atoms with E-state index in [1.165, 1.54) is 26.1 Å². The van der Waals surface area contributed by atoms with Gasteiger partial charge in [0.25, 0.3) is 5.91 Å². The number of carbonyl (C=O) groups excluding carboxylic acids is 1. The van der Waals surface area contributed by atoms with E-state index in [1.807, 2.05) is 6.07 Å². The molecule has 26 heavy (non-hydrogen) atoms. The van der Waals surface area contributed by atoms with Gasteiger partial charge in [-0.1, -0.05) is 11.6 Å². The predicted octanol–water partition coefficient (Wildman–Crippen LogP) is 3.19. The van der Waals surface area contributed by atoms with Crippen LogP contribution in [0.15, 0.2) is 36.5 Å². The van der Waals surface area contributed by atoms with E-state index in [4.69, 9.17) is 16.9 Å². The van der Waals surface area contributed by atoms with Crippen molar-refractivity contribution in [2.45, 2.75) is 25.6 Å². The summed E-state index contributed by atoms with van der Waals surface area (Å²) >= 11 is 5.90. The number of benzene rings is 1. The highest BCUT2D eigenvalue weighted by Crippen LogP contribution is 2.24. The zero-order valence-corrected chi connectivity index (χ0v) is 15.0. The van der Waals surface area contributed by atoms with Gasteiger partial charge in [-0.25, -0.2) is 9.37 Å². The van der Waals surface area contributed by atoms with Gasteiger partial charge in [0.05, 0.1) is 35.0 Å². The Kier molecular flexibility index (Phi) is 6.14. The van der Waals surface area contributed by atoms with Gasteiger partial charge in [-0.2, -0.15) is 5.26 Å². The van der Waals surface area contributed by atoms with Crippen LogP contribution in [0.5, 0.6) is 0 Å². The average molecular weight is 377 g/mol. The molecule has 0 aliphatic rings. The number of halogens is 2. The summed E-state index contributed by atoms with van der Waals surface area (Å²) in [7, 11) is 0. The summed E-state index contributed by atoms with van der Waals surface area (Å²) in [6, 6.07) is 10.1. The van der Waals surface area contributed by atoms with Crippen LogP contribution < -0.4 is 10.6 Å². The number of rotatable bonds is 6. The van der Waals surface area contributed by atoms with Crippen molar-refractivity contribution in [2.24, 2.45) is 0 Å². The molecule has 0 saturated carbocycles. The van der Waals surface area contributed by atoms with Gasteiger partial charge in [0.2, 0.25) is 0 Å². The number of aliphatic hydroxyl groups is 1. The average Bonchev–Trinajstić information content (AvgIpc) is 2.59. The van der Waals surface area contributed by atoms with Crippen LogP contribution in [0.4, 0.5) is 15.8 Å². The van der Waals surface area contributed by atoms with E-state index in [9.17, 15) is 14.3 Å². The number of nitriles is 1. The molecule has 1 amide bonds. The Bertz CT molecular complexity index is 829. The largest absolute Gasteiger partial charge is 0.387 e. The van der Waals surface area contributed by atoms with Crippen molar-refractivity contribution in [2.75, 3.05) is 11.9 Å². The van der Waals surface area contributed by atoms with Gasteiger partial charge < -0.3 is 15.7 Å². The minimum absolute atomic E-state index is 0.168. The second-order valence-corrected chi connectivity index (χ2v) is 6.59. The van der Waals surface area contributed by atoms with Crippen LogP contribution >= 0.6 is 11.6 Å². The molecule has 0 radical (unpaired) electrons. The molecule has 0 aliphatic carbocycles. The van der Waals surface area contributed by atoms with Crippen molar-refractivity contribution in [3.8, 4) is 6.07 Å². The summed E-state index contributed by atoms with van der Waals surface area (Å²) in [5.41, 5.74) is 0.129. The van der Waals surface area contributed by atoms with Crippen LogP contribution in [0, 0.1) is 11.3 Å². The second-order valence-electron chi connectivity index (χ2n) is 6.20. The first-order valence-electron chi connectivity index (χ1n) is 7.78. The molecule has 8 heteroatoms. The Labute approximate surface area is 155 Å². The highest BCUT2D eigenvalue weighted by atomic mass is 35.5. The molecule has 1 heterocycles. The molecule has 6 nitrogen and oxygen atoms in total. The van der Waals surface area contributed by atoms with Crippen molar-refractivity contribution < 1.29 is 14.3 Å². The topological polar surface area (TPSA) is 98.0 Å². The van der Waals surface area contributed by atoms with Crippen molar-refractivity contribution in [1.82, 2.24) is 10.3 Å². The van der Waals surface area contributed by atoms with E-state index in [0.717, 1.165) is 0 Å². The van der Waals surface area contributed by atoms with E-state index >= 15 is 0 Å². The molecule has 2 aromatic rings. The summed E-state index contributed by atoms with van der Waals surface area (Å²) in [4.78, 5) is 16.3. The van der Waals surface area contributed by atoms with Crippen molar-refractivity contribution >= 4 is 28.9 Å². The van der Waals surface area contributed by atoms with Gasteiger partial charge in [0.15, 0.2) is 0 Å². The summed E-state index contributed by atoms with van der Waals surface area (Å²) in [6.07, 6.45) is -0.345. The molecule has 3 N–H and O–H groups in total. The number of alkyl halides is 1. The maximum Gasteiger partial charge on any atom is 0.255 e. The Balaban J connectivity index is 2.18. The molecule has 2 rings (SSSR count). The first kappa shape index (κ1) is 19.6. The van der Waals surface area contributed by atoms with Gasteiger partial charge in [-0.3, -0.25) is 4.79 Å². The number of hydrogen-bond donors (Lipinski definition) is 3. The molecule has 0 unspecified atom stereocenters. The molecule has 0 bridgehead atoms. The van der Waals surface area contributed by atoms with Gasteiger partial charge in [-0.15, -0.1) is 0 Å². The fourth-order valence-corrected chi connectivity index (χ4v) is 2.18. The van der Waals surface area contributed by atoms with E-state index in [2.05, 4.69) is 15.6 Å². The smallest absolute Gasteiger partial charge is 0.255 e. The van der Waals surface area contributed by atoms with E-state index < -0.39 is 17.7 Å². The number of nitrogens with zero attached hydrogens (tertiary/aromatic N) is 2. The minimum Gasteiger partial charge on any atom is -0.387 e. The van der Waals surface area contributed by atoms with Gasteiger partial charge in [0, 0.05) is 11.9 Å². The molecule has 0 spiro atoms. The summed E-state index contributed by atoms with van der Waals surface area (Å²) in [5, 5.41) is 24.1. The number of nitrogens with one attached hydrogen (secondary N) is 2. The molecule has 1 aromatic heterocycles. The Morgan fingerprint density at radius 1 is 1.42 bits per heavy atom. The number of carbonyl (C=O) groups is 1. The first-order valence-corrected chi connectivity index (χ1v) is 8.16. The third-order valence-corrected chi connectivity index (χ3v) is 3.82. The van der Waals surface area contributed by atoms with Crippen molar-refractivity contribution in [3.63, 3.8) is 0 Å². The quantitative estimate of drug-likeness (QED) is 0.672. The Hall–Kier alpha value is -2.69. The molecular weight excluding hydrogens is 359 g/mol. The number of hydrogen-bond acceptors (Lipinski definition) is 5.